The Balaban J connectivity index is 2.15. The summed E-state index contributed by atoms with van der Waals surface area (Å²) in [5.74, 6) is 0.478. The van der Waals surface area contributed by atoms with Crippen molar-refractivity contribution in [2.45, 2.75) is 32.1 Å². The molecule has 0 aliphatic rings. The minimum atomic E-state index is -3.77. The molecule has 0 radical (unpaired) electrons. The zero-order valence-corrected chi connectivity index (χ0v) is 16.2. The fourth-order valence-corrected chi connectivity index (χ4v) is 3.41. The molecule has 0 bridgehead atoms. The highest BCUT2D eigenvalue weighted by atomic mass is 32.2. The third kappa shape index (κ3) is 5.77. The summed E-state index contributed by atoms with van der Waals surface area (Å²) < 4.78 is 32.7. The molecule has 26 heavy (non-hydrogen) atoms. The maximum atomic E-state index is 12.6. The minimum absolute atomic E-state index is 0.0712. The molecular formula is C19H24N2O4S. The fourth-order valence-electron chi connectivity index (χ4n) is 2.30. The average Bonchev–Trinajstić information content (AvgIpc) is 2.53. The molecule has 2 aromatic carbocycles. The van der Waals surface area contributed by atoms with Gasteiger partial charge in [-0.25, -0.2) is 8.42 Å². The smallest absolute Gasteiger partial charge is 0.261 e. The summed E-state index contributed by atoms with van der Waals surface area (Å²) in [6, 6.07) is 12.7. The van der Waals surface area contributed by atoms with Crippen LogP contribution in [-0.2, 0) is 14.8 Å². The lowest BCUT2D eigenvalue weighted by atomic mass is 9.92. The number of benzene rings is 2. The number of amides is 1. The van der Waals surface area contributed by atoms with Gasteiger partial charge in [0.15, 0.2) is 0 Å². The van der Waals surface area contributed by atoms with Gasteiger partial charge in [-0.05, 0) is 47.9 Å². The van der Waals surface area contributed by atoms with Crippen LogP contribution in [0.1, 0.15) is 27.2 Å². The maximum Gasteiger partial charge on any atom is 0.261 e. The third-order valence-corrected chi connectivity index (χ3v) is 4.84. The predicted molar refractivity (Wildman–Crippen MR) is 103 cm³/mol. The number of sulfonamides is 1. The van der Waals surface area contributed by atoms with Crippen LogP contribution in [0.2, 0.25) is 0 Å². The van der Waals surface area contributed by atoms with E-state index in [1.807, 2.05) is 20.8 Å². The number of hydrogen-bond donors (Lipinski definition) is 2. The van der Waals surface area contributed by atoms with Gasteiger partial charge in [-0.3, -0.25) is 9.52 Å². The molecule has 140 valence electrons. The monoisotopic (exact) mass is 376 g/mol. The van der Waals surface area contributed by atoms with Gasteiger partial charge in [0, 0.05) is 17.8 Å². The van der Waals surface area contributed by atoms with Crippen LogP contribution in [0.5, 0.6) is 5.75 Å². The summed E-state index contributed by atoms with van der Waals surface area (Å²) in [5.41, 5.74) is 0.716. The zero-order valence-electron chi connectivity index (χ0n) is 15.4. The molecule has 0 unspecified atom stereocenters. The second-order valence-electron chi connectivity index (χ2n) is 7.15. The van der Waals surface area contributed by atoms with Crippen LogP contribution in [0.4, 0.5) is 11.4 Å². The lowest BCUT2D eigenvalue weighted by molar-refractivity contribution is -0.117. The van der Waals surface area contributed by atoms with Crippen molar-refractivity contribution < 1.29 is 17.9 Å². The summed E-state index contributed by atoms with van der Waals surface area (Å²) >= 11 is 0. The minimum Gasteiger partial charge on any atom is -0.497 e. The van der Waals surface area contributed by atoms with Gasteiger partial charge in [0.2, 0.25) is 5.91 Å². The molecule has 0 spiro atoms. The standard InChI is InChI=1S/C19H24N2O4S/c1-19(2,3)13-18(22)20-15-6-5-7-17(12-15)26(23,24)21-14-8-10-16(25-4)11-9-14/h5-12,21H,13H2,1-4H3,(H,20,22). The van der Waals surface area contributed by atoms with E-state index in [9.17, 15) is 13.2 Å². The molecule has 2 rings (SSSR count). The maximum absolute atomic E-state index is 12.6. The molecular weight excluding hydrogens is 352 g/mol. The Kier molecular flexibility index (Phi) is 5.92. The molecule has 0 heterocycles. The third-order valence-electron chi connectivity index (χ3n) is 3.46. The van der Waals surface area contributed by atoms with Gasteiger partial charge in [0.05, 0.1) is 12.0 Å². The van der Waals surface area contributed by atoms with E-state index in [0.29, 0.717) is 23.5 Å². The highest BCUT2D eigenvalue weighted by Gasteiger charge is 2.18. The van der Waals surface area contributed by atoms with E-state index >= 15 is 0 Å². The van der Waals surface area contributed by atoms with E-state index in [1.54, 1.807) is 43.5 Å². The van der Waals surface area contributed by atoms with Gasteiger partial charge in [-0.2, -0.15) is 0 Å². The zero-order chi connectivity index (χ0) is 19.4. The SMILES string of the molecule is COc1ccc(NS(=O)(=O)c2cccc(NC(=O)CC(C)(C)C)c2)cc1. The number of hydrogen-bond acceptors (Lipinski definition) is 4. The largest absolute Gasteiger partial charge is 0.497 e. The van der Waals surface area contributed by atoms with Crippen LogP contribution in [0.25, 0.3) is 0 Å². The van der Waals surface area contributed by atoms with Crippen molar-refractivity contribution in [3.8, 4) is 5.75 Å². The Bertz CT molecular complexity index is 869. The van der Waals surface area contributed by atoms with Gasteiger partial charge >= 0.3 is 0 Å². The molecule has 0 atom stereocenters. The first kappa shape index (κ1) is 19.8. The van der Waals surface area contributed by atoms with E-state index in [0.717, 1.165) is 0 Å². The first-order valence-electron chi connectivity index (χ1n) is 8.16. The van der Waals surface area contributed by atoms with Crippen molar-refractivity contribution in [1.82, 2.24) is 0 Å². The molecule has 0 aliphatic carbocycles. The summed E-state index contributed by atoms with van der Waals surface area (Å²) in [6.45, 7) is 5.89. The summed E-state index contributed by atoms with van der Waals surface area (Å²) in [4.78, 5) is 12.1. The molecule has 2 aromatic rings. The Labute approximate surface area is 154 Å². The second-order valence-corrected chi connectivity index (χ2v) is 8.83. The first-order valence-corrected chi connectivity index (χ1v) is 9.64. The van der Waals surface area contributed by atoms with E-state index < -0.39 is 10.0 Å². The predicted octanol–water partition coefficient (Wildman–Crippen LogP) is 3.87. The highest BCUT2D eigenvalue weighted by Crippen LogP contribution is 2.23. The Hall–Kier alpha value is -2.54. The Morgan fingerprint density at radius 2 is 1.69 bits per heavy atom. The van der Waals surface area contributed by atoms with E-state index in [1.165, 1.54) is 12.1 Å². The number of rotatable bonds is 6. The Morgan fingerprint density at radius 1 is 1.04 bits per heavy atom. The second kappa shape index (κ2) is 7.78. The average molecular weight is 376 g/mol. The van der Waals surface area contributed by atoms with Crippen molar-refractivity contribution in [2.75, 3.05) is 17.1 Å². The Morgan fingerprint density at radius 3 is 2.27 bits per heavy atom. The summed E-state index contributed by atoms with van der Waals surface area (Å²) in [5, 5.41) is 2.74. The topological polar surface area (TPSA) is 84.5 Å². The molecule has 1 amide bonds. The molecule has 0 aliphatic heterocycles. The van der Waals surface area contributed by atoms with Crippen LogP contribution >= 0.6 is 0 Å². The van der Waals surface area contributed by atoms with E-state index in [4.69, 9.17) is 4.74 Å². The molecule has 0 fully saturated rings. The highest BCUT2D eigenvalue weighted by molar-refractivity contribution is 7.92. The van der Waals surface area contributed by atoms with Crippen molar-refractivity contribution in [1.29, 1.82) is 0 Å². The van der Waals surface area contributed by atoms with Gasteiger partial charge < -0.3 is 10.1 Å². The molecule has 2 N–H and O–H groups in total. The molecule has 0 aromatic heterocycles. The van der Waals surface area contributed by atoms with Gasteiger partial charge in [0.1, 0.15) is 5.75 Å². The van der Waals surface area contributed by atoms with Crippen molar-refractivity contribution in [3.63, 3.8) is 0 Å². The number of carbonyl (C=O) groups excluding carboxylic acids is 1. The molecule has 0 saturated carbocycles. The lowest BCUT2D eigenvalue weighted by Gasteiger charge is -2.17. The molecule has 0 saturated heterocycles. The lowest BCUT2D eigenvalue weighted by Crippen LogP contribution is -2.20. The fraction of sp³-hybridized carbons (Fsp3) is 0.316. The van der Waals surface area contributed by atoms with Crippen LogP contribution in [0.3, 0.4) is 0 Å². The molecule has 6 nitrogen and oxygen atoms in total. The quantitative estimate of drug-likeness (QED) is 0.801. The van der Waals surface area contributed by atoms with Crippen molar-refractivity contribution >= 4 is 27.3 Å². The van der Waals surface area contributed by atoms with Crippen molar-refractivity contribution in [2.24, 2.45) is 5.41 Å². The van der Waals surface area contributed by atoms with Gasteiger partial charge in [0.25, 0.3) is 10.0 Å². The molecule has 7 heteroatoms. The number of carbonyl (C=O) groups is 1. The number of anilines is 2. The summed E-state index contributed by atoms with van der Waals surface area (Å²) in [6.07, 6.45) is 0.341. The van der Waals surface area contributed by atoms with Crippen LogP contribution in [0.15, 0.2) is 53.4 Å². The van der Waals surface area contributed by atoms with Crippen LogP contribution in [0, 0.1) is 5.41 Å². The van der Waals surface area contributed by atoms with E-state index in [2.05, 4.69) is 10.0 Å². The van der Waals surface area contributed by atoms with Crippen LogP contribution in [-0.4, -0.2) is 21.4 Å². The van der Waals surface area contributed by atoms with Crippen LogP contribution < -0.4 is 14.8 Å². The summed E-state index contributed by atoms with van der Waals surface area (Å²) in [7, 11) is -2.23. The first-order chi connectivity index (χ1) is 12.1. The van der Waals surface area contributed by atoms with Gasteiger partial charge in [-0.1, -0.05) is 26.8 Å². The van der Waals surface area contributed by atoms with Crippen molar-refractivity contribution in [3.05, 3.63) is 48.5 Å². The van der Waals surface area contributed by atoms with E-state index in [-0.39, 0.29) is 16.2 Å². The number of methoxy groups -OCH3 is 1. The number of ether oxygens (including phenoxy) is 1. The normalized spacial score (nSPS) is 11.7. The number of nitrogens with one attached hydrogen (secondary N) is 2. The van der Waals surface area contributed by atoms with Gasteiger partial charge in [-0.15, -0.1) is 0 Å².